The van der Waals surface area contributed by atoms with Crippen LogP contribution in [0.5, 0.6) is 0 Å². The van der Waals surface area contributed by atoms with Gasteiger partial charge < -0.3 is 14.6 Å². The van der Waals surface area contributed by atoms with E-state index in [4.69, 9.17) is 26.2 Å². The smallest absolute Gasteiger partial charge is 0.333 e. The number of hydrogen-bond acceptors (Lipinski definition) is 7. The second-order valence-corrected chi connectivity index (χ2v) is 10.7. The molecular formula is C25H30ClFN4O6S. The Morgan fingerprint density at radius 3 is 2.55 bits per heavy atom. The lowest BCUT2D eigenvalue weighted by atomic mass is 10.0. The topological polar surface area (TPSA) is 147 Å². The van der Waals surface area contributed by atoms with E-state index < -0.39 is 33.8 Å². The van der Waals surface area contributed by atoms with E-state index >= 15 is 4.39 Å². The number of carboxylic acid groups (broad SMARTS) is 1. The molecule has 2 aromatic carbocycles. The van der Waals surface area contributed by atoms with Crippen LogP contribution in [-0.4, -0.2) is 66.1 Å². The number of carboxylic acids is 1. The quantitative estimate of drug-likeness (QED) is 0.236. The number of nitrogens with zero attached hydrogens (tertiary/aromatic N) is 3. The largest absolute Gasteiger partial charge is 0.479 e. The molecule has 0 aliphatic rings. The molecule has 38 heavy (non-hydrogen) atoms. The van der Waals surface area contributed by atoms with Gasteiger partial charge in [0.1, 0.15) is 17.3 Å². The van der Waals surface area contributed by atoms with Gasteiger partial charge in [-0.25, -0.2) is 32.4 Å². The summed E-state index contributed by atoms with van der Waals surface area (Å²) >= 11 is 5.57. The zero-order valence-electron chi connectivity index (χ0n) is 21.2. The molecule has 0 aliphatic carbocycles. The predicted octanol–water partition coefficient (Wildman–Crippen LogP) is 3.09. The summed E-state index contributed by atoms with van der Waals surface area (Å²) in [6.45, 7) is 5.95. The highest BCUT2D eigenvalue weighted by atomic mass is 35.5. The van der Waals surface area contributed by atoms with E-state index in [1.165, 1.54) is 16.8 Å². The minimum absolute atomic E-state index is 0.0118. The Morgan fingerprint density at radius 1 is 1.18 bits per heavy atom. The summed E-state index contributed by atoms with van der Waals surface area (Å²) in [5.41, 5.74) is 2.85. The Bertz CT molecular complexity index is 1400. The van der Waals surface area contributed by atoms with E-state index in [1.807, 2.05) is 32.0 Å². The monoisotopic (exact) mass is 568 g/mol. The number of ether oxygens (including phenoxy) is 2. The van der Waals surface area contributed by atoms with Crippen LogP contribution in [0.1, 0.15) is 41.2 Å². The van der Waals surface area contributed by atoms with Crippen molar-refractivity contribution < 1.29 is 32.2 Å². The minimum atomic E-state index is -4.12. The van der Waals surface area contributed by atoms with Crippen molar-refractivity contribution in [3.8, 4) is 5.69 Å². The fraction of sp³-hybridized carbons (Fsp3) is 0.400. The van der Waals surface area contributed by atoms with Crippen LogP contribution in [0.15, 0.2) is 41.3 Å². The van der Waals surface area contributed by atoms with Gasteiger partial charge in [-0.2, -0.15) is 5.10 Å². The van der Waals surface area contributed by atoms with E-state index in [9.17, 15) is 18.3 Å². The summed E-state index contributed by atoms with van der Waals surface area (Å²) in [6, 6.07) is 9.11. The maximum atomic E-state index is 15.1. The molecule has 10 nitrogen and oxygen atoms in total. The molecule has 1 aromatic heterocycles. The summed E-state index contributed by atoms with van der Waals surface area (Å²) in [4.78, 5) is 16.2. The number of nitrogens with two attached hydrogens (primary N) is 1. The molecule has 0 spiro atoms. The van der Waals surface area contributed by atoms with Crippen LogP contribution in [0.4, 0.5) is 4.39 Å². The van der Waals surface area contributed by atoms with Gasteiger partial charge in [0.25, 0.3) is 0 Å². The number of alkyl halides is 1. The van der Waals surface area contributed by atoms with Crippen LogP contribution < -0.4 is 5.14 Å². The van der Waals surface area contributed by atoms with Crippen molar-refractivity contribution in [2.24, 2.45) is 5.14 Å². The third-order valence-electron chi connectivity index (χ3n) is 5.87. The standard InChI is InChI=1S/C25H30ClFN4O6S/c1-15-4-5-16(2)18(12-15)13-22-29-24(17(3)23(25(32)33)37-11-10-36-9-8-26)30-31(22)21-7-6-19(14-20(21)27)38(28,34)35/h4-7,12,14,17,23H,8-11,13H2,1-3H3,(H,32,33)(H2,28,34,35)/t17-,23?/m0/s1. The third kappa shape index (κ3) is 7.35. The average molecular weight is 569 g/mol. The second kappa shape index (κ2) is 12.8. The number of benzene rings is 2. The zero-order valence-corrected chi connectivity index (χ0v) is 22.8. The zero-order chi connectivity index (χ0) is 28.0. The first-order valence-electron chi connectivity index (χ1n) is 11.7. The van der Waals surface area contributed by atoms with Gasteiger partial charge in [0, 0.05) is 12.3 Å². The van der Waals surface area contributed by atoms with Crippen molar-refractivity contribution in [3.05, 3.63) is 70.6 Å². The minimum Gasteiger partial charge on any atom is -0.479 e. The molecule has 2 atom stereocenters. The van der Waals surface area contributed by atoms with E-state index in [2.05, 4.69) is 10.1 Å². The summed E-state index contributed by atoms with van der Waals surface area (Å²) in [7, 11) is -4.12. The Kier molecular flexibility index (Phi) is 9.96. The predicted molar refractivity (Wildman–Crippen MR) is 139 cm³/mol. The number of rotatable bonds is 13. The van der Waals surface area contributed by atoms with Crippen LogP contribution in [0.2, 0.25) is 0 Å². The van der Waals surface area contributed by atoms with Crippen molar-refractivity contribution >= 4 is 27.6 Å². The van der Waals surface area contributed by atoms with E-state index in [0.29, 0.717) is 18.3 Å². The number of halogens is 2. The van der Waals surface area contributed by atoms with Crippen LogP contribution in [-0.2, 0) is 30.7 Å². The SMILES string of the molecule is Cc1ccc(C)c(Cc2nc([C@@H](C)C(OCCOCCCl)C(=O)O)nn2-c2ccc(S(N)(=O)=O)cc2F)c1. The van der Waals surface area contributed by atoms with E-state index in [-0.39, 0.29) is 36.0 Å². The van der Waals surface area contributed by atoms with Crippen molar-refractivity contribution in [3.63, 3.8) is 0 Å². The van der Waals surface area contributed by atoms with Gasteiger partial charge in [0.05, 0.1) is 30.6 Å². The summed E-state index contributed by atoms with van der Waals surface area (Å²) in [6.07, 6.45) is -1.04. The van der Waals surface area contributed by atoms with Gasteiger partial charge in [-0.1, -0.05) is 30.7 Å². The fourth-order valence-electron chi connectivity index (χ4n) is 3.82. The van der Waals surface area contributed by atoms with Crippen molar-refractivity contribution in [2.45, 2.75) is 44.1 Å². The highest BCUT2D eigenvalue weighted by Gasteiger charge is 2.31. The fourth-order valence-corrected chi connectivity index (χ4v) is 4.45. The summed E-state index contributed by atoms with van der Waals surface area (Å²) < 4.78 is 50.5. The molecule has 3 rings (SSSR count). The number of aliphatic carboxylic acids is 1. The van der Waals surface area contributed by atoms with Crippen molar-refractivity contribution in [1.29, 1.82) is 0 Å². The molecule has 13 heteroatoms. The highest BCUT2D eigenvalue weighted by molar-refractivity contribution is 7.89. The molecule has 0 amide bonds. The maximum absolute atomic E-state index is 15.1. The summed E-state index contributed by atoms with van der Waals surface area (Å²) in [5, 5.41) is 19.3. The lowest BCUT2D eigenvalue weighted by Crippen LogP contribution is -2.31. The number of hydrogen-bond donors (Lipinski definition) is 2. The Morgan fingerprint density at radius 2 is 1.92 bits per heavy atom. The molecule has 0 fully saturated rings. The van der Waals surface area contributed by atoms with E-state index in [1.54, 1.807) is 6.92 Å². The molecule has 1 unspecified atom stereocenters. The molecule has 3 aromatic rings. The molecule has 206 valence electrons. The molecule has 3 N–H and O–H groups in total. The second-order valence-electron chi connectivity index (χ2n) is 8.78. The Balaban J connectivity index is 2.03. The van der Waals surface area contributed by atoms with Crippen LogP contribution >= 0.6 is 11.6 Å². The van der Waals surface area contributed by atoms with Gasteiger partial charge in [0.15, 0.2) is 11.9 Å². The van der Waals surface area contributed by atoms with Crippen LogP contribution in [0, 0.1) is 19.7 Å². The lowest BCUT2D eigenvalue weighted by molar-refractivity contribution is -0.152. The molecule has 0 saturated carbocycles. The number of aromatic nitrogens is 3. The first-order valence-corrected chi connectivity index (χ1v) is 13.8. The van der Waals surface area contributed by atoms with Gasteiger partial charge in [-0.15, -0.1) is 11.6 Å². The number of sulfonamides is 1. The third-order valence-corrected chi connectivity index (χ3v) is 6.94. The van der Waals surface area contributed by atoms with Gasteiger partial charge in [-0.05, 0) is 43.2 Å². The van der Waals surface area contributed by atoms with Gasteiger partial charge in [0.2, 0.25) is 10.0 Å². The lowest BCUT2D eigenvalue weighted by Gasteiger charge is -2.18. The van der Waals surface area contributed by atoms with Crippen molar-refractivity contribution in [1.82, 2.24) is 14.8 Å². The summed E-state index contributed by atoms with van der Waals surface area (Å²) in [5.74, 6) is -2.16. The van der Waals surface area contributed by atoms with E-state index in [0.717, 1.165) is 22.8 Å². The first-order chi connectivity index (χ1) is 17.9. The number of aryl methyl sites for hydroxylation is 2. The number of carbonyl (C=O) groups is 1. The molecule has 0 radical (unpaired) electrons. The van der Waals surface area contributed by atoms with Crippen molar-refractivity contribution in [2.75, 3.05) is 25.7 Å². The van der Waals surface area contributed by atoms with Crippen LogP contribution in [0.25, 0.3) is 5.69 Å². The maximum Gasteiger partial charge on any atom is 0.333 e. The molecular weight excluding hydrogens is 539 g/mol. The molecule has 0 bridgehead atoms. The highest BCUT2D eigenvalue weighted by Crippen LogP contribution is 2.25. The van der Waals surface area contributed by atoms with Gasteiger partial charge in [-0.3, -0.25) is 0 Å². The molecule has 0 saturated heterocycles. The Hall–Kier alpha value is -2.90. The first kappa shape index (κ1) is 29.7. The van der Waals surface area contributed by atoms with Gasteiger partial charge >= 0.3 is 5.97 Å². The number of primary sulfonamides is 1. The average Bonchev–Trinajstić information content (AvgIpc) is 3.26. The molecule has 1 heterocycles. The normalized spacial score (nSPS) is 13.4. The molecule has 0 aliphatic heterocycles. The Labute approximate surface area is 225 Å². The van der Waals surface area contributed by atoms with Crippen LogP contribution in [0.3, 0.4) is 0 Å².